The highest BCUT2D eigenvalue weighted by Gasteiger charge is 2.15. The van der Waals surface area contributed by atoms with Crippen molar-refractivity contribution in [2.75, 3.05) is 11.9 Å². The predicted octanol–water partition coefficient (Wildman–Crippen LogP) is 5.17. The van der Waals surface area contributed by atoms with E-state index in [-0.39, 0.29) is 17.9 Å². The van der Waals surface area contributed by atoms with Gasteiger partial charge in [0.2, 0.25) is 0 Å². The molecule has 3 rings (SSSR count). The third-order valence-corrected chi connectivity index (χ3v) is 5.14. The molecule has 0 fully saturated rings. The number of ether oxygens (including phenoxy) is 1. The molecular weight excluding hydrogens is 344 g/mol. The number of nitrogens with one attached hydrogen (secondary N) is 1. The van der Waals surface area contributed by atoms with Gasteiger partial charge in [0.05, 0.1) is 10.2 Å². The van der Waals surface area contributed by atoms with Gasteiger partial charge in [-0.15, -0.1) is 0 Å². The van der Waals surface area contributed by atoms with Gasteiger partial charge in [-0.05, 0) is 47.2 Å². The first kappa shape index (κ1) is 18.4. The third-order valence-electron chi connectivity index (χ3n) is 4.20. The van der Waals surface area contributed by atoms with Crippen LogP contribution in [0.3, 0.4) is 0 Å². The molecule has 136 valence electrons. The lowest BCUT2D eigenvalue weighted by Gasteiger charge is -2.18. The maximum atomic E-state index is 12.1. The number of carbonyl (C=O) groups excluding carboxylic acids is 1. The number of aromatic nitrogens is 1. The Hall–Kier alpha value is -2.40. The molecule has 3 aromatic rings. The van der Waals surface area contributed by atoms with Crippen LogP contribution in [-0.4, -0.2) is 17.5 Å². The minimum absolute atomic E-state index is 0.0331. The first-order valence-electron chi connectivity index (χ1n) is 8.78. The molecule has 5 heteroatoms. The van der Waals surface area contributed by atoms with Crippen molar-refractivity contribution in [3.8, 4) is 5.75 Å². The molecule has 0 spiro atoms. The van der Waals surface area contributed by atoms with Crippen molar-refractivity contribution in [3.63, 3.8) is 0 Å². The SMILES string of the molecule is CCc1ccc(OCC(=O)Nc2nc3ccc(C(C)(C)C)cc3s2)cc1. The number of aryl methyl sites for hydroxylation is 1. The highest BCUT2D eigenvalue weighted by Crippen LogP contribution is 2.31. The van der Waals surface area contributed by atoms with Gasteiger partial charge < -0.3 is 4.74 Å². The lowest BCUT2D eigenvalue weighted by molar-refractivity contribution is -0.118. The molecule has 0 saturated carbocycles. The van der Waals surface area contributed by atoms with Gasteiger partial charge in [0.1, 0.15) is 5.75 Å². The van der Waals surface area contributed by atoms with Crippen LogP contribution < -0.4 is 10.1 Å². The zero-order valence-electron chi connectivity index (χ0n) is 15.6. The van der Waals surface area contributed by atoms with Gasteiger partial charge in [0.25, 0.3) is 5.91 Å². The van der Waals surface area contributed by atoms with E-state index in [1.807, 2.05) is 30.3 Å². The molecule has 2 aromatic carbocycles. The second kappa shape index (κ2) is 7.46. The molecule has 0 aliphatic carbocycles. The fourth-order valence-electron chi connectivity index (χ4n) is 2.57. The van der Waals surface area contributed by atoms with E-state index in [4.69, 9.17) is 4.74 Å². The number of thiazole rings is 1. The molecule has 1 amide bonds. The van der Waals surface area contributed by atoms with Crippen LogP contribution >= 0.6 is 11.3 Å². The van der Waals surface area contributed by atoms with Gasteiger partial charge in [-0.2, -0.15) is 0 Å². The van der Waals surface area contributed by atoms with Gasteiger partial charge in [0.15, 0.2) is 11.7 Å². The Kier molecular flexibility index (Phi) is 5.28. The summed E-state index contributed by atoms with van der Waals surface area (Å²) in [5.74, 6) is 0.483. The molecule has 0 saturated heterocycles. The van der Waals surface area contributed by atoms with Crippen molar-refractivity contribution in [3.05, 3.63) is 53.6 Å². The van der Waals surface area contributed by atoms with Gasteiger partial charge in [-0.25, -0.2) is 4.98 Å². The summed E-state index contributed by atoms with van der Waals surface area (Å²) in [5.41, 5.74) is 3.48. The van der Waals surface area contributed by atoms with Crippen LogP contribution in [0, 0.1) is 0 Å². The van der Waals surface area contributed by atoms with E-state index in [1.165, 1.54) is 22.5 Å². The van der Waals surface area contributed by atoms with Crippen LogP contribution in [0.15, 0.2) is 42.5 Å². The van der Waals surface area contributed by atoms with Crippen molar-refractivity contribution in [2.24, 2.45) is 0 Å². The van der Waals surface area contributed by atoms with E-state index in [0.29, 0.717) is 10.9 Å². The Balaban J connectivity index is 1.63. The van der Waals surface area contributed by atoms with Gasteiger partial charge in [0, 0.05) is 0 Å². The van der Waals surface area contributed by atoms with Crippen LogP contribution in [0.25, 0.3) is 10.2 Å². The number of carbonyl (C=O) groups is 1. The molecular formula is C21H24N2O2S. The summed E-state index contributed by atoms with van der Waals surface area (Å²) in [7, 11) is 0. The minimum Gasteiger partial charge on any atom is -0.484 e. The van der Waals surface area contributed by atoms with E-state index < -0.39 is 0 Å². The van der Waals surface area contributed by atoms with Crippen molar-refractivity contribution in [1.82, 2.24) is 4.98 Å². The minimum atomic E-state index is -0.209. The molecule has 1 aromatic heterocycles. The molecule has 26 heavy (non-hydrogen) atoms. The maximum Gasteiger partial charge on any atom is 0.264 e. The topological polar surface area (TPSA) is 51.2 Å². The quantitative estimate of drug-likeness (QED) is 0.675. The van der Waals surface area contributed by atoms with Crippen molar-refractivity contribution >= 4 is 32.6 Å². The molecule has 0 atom stereocenters. The van der Waals surface area contributed by atoms with Crippen molar-refractivity contribution < 1.29 is 9.53 Å². The second-order valence-corrected chi connectivity index (χ2v) is 8.32. The molecule has 4 nitrogen and oxygen atoms in total. The number of hydrogen-bond donors (Lipinski definition) is 1. The van der Waals surface area contributed by atoms with Crippen LogP contribution in [0.1, 0.15) is 38.8 Å². The first-order chi connectivity index (χ1) is 12.3. The standard InChI is InChI=1S/C21H24N2O2S/c1-5-14-6-9-16(10-7-14)25-13-19(24)23-20-22-17-11-8-15(21(2,3)4)12-18(17)26-20/h6-12H,5,13H2,1-4H3,(H,22,23,24). The number of amides is 1. The summed E-state index contributed by atoms with van der Waals surface area (Å²) < 4.78 is 6.62. The maximum absolute atomic E-state index is 12.1. The van der Waals surface area contributed by atoms with Gasteiger partial charge in [-0.3, -0.25) is 10.1 Å². The zero-order valence-corrected chi connectivity index (χ0v) is 16.4. The van der Waals surface area contributed by atoms with Crippen LogP contribution in [0.2, 0.25) is 0 Å². The average molecular weight is 369 g/mol. The molecule has 0 aliphatic heterocycles. The summed E-state index contributed by atoms with van der Waals surface area (Å²) >= 11 is 1.48. The Morgan fingerprint density at radius 3 is 2.54 bits per heavy atom. The molecule has 0 unspecified atom stereocenters. The van der Waals surface area contributed by atoms with E-state index in [9.17, 15) is 4.79 Å². The van der Waals surface area contributed by atoms with Crippen molar-refractivity contribution in [2.45, 2.75) is 39.5 Å². The summed E-state index contributed by atoms with van der Waals surface area (Å²) in [5, 5.41) is 3.42. The number of hydrogen-bond acceptors (Lipinski definition) is 4. The number of benzene rings is 2. The van der Waals surface area contributed by atoms with Crippen LogP contribution in [0.4, 0.5) is 5.13 Å². The normalized spacial score (nSPS) is 11.5. The largest absolute Gasteiger partial charge is 0.484 e. The Labute approximate surface area is 158 Å². The monoisotopic (exact) mass is 368 g/mol. The second-order valence-electron chi connectivity index (χ2n) is 7.29. The average Bonchev–Trinajstić information content (AvgIpc) is 3.01. The van der Waals surface area contributed by atoms with Crippen LogP contribution in [0.5, 0.6) is 5.75 Å². The molecule has 0 bridgehead atoms. The number of fused-ring (bicyclic) bond motifs is 1. The third kappa shape index (κ3) is 4.41. The Bertz CT molecular complexity index is 908. The molecule has 1 heterocycles. The van der Waals surface area contributed by atoms with Crippen molar-refractivity contribution in [1.29, 1.82) is 0 Å². The van der Waals surface area contributed by atoms with Crippen LogP contribution in [-0.2, 0) is 16.6 Å². The highest BCUT2D eigenvalue weighted by molar-refractivity contribution is 7.22. The summed E-state index contributed by atoms with van der Waals surface area (Å²) in [4.78, 5) is 16.6. The Morgan fingerprint density at radius 1 is 1.15 bits per heavy atom. The smallest absolute Gasteiger partial charge is 0.264 e. The van der Waals surface area contributed by atoms with E-state index >= 15 is 0 Å². The highest BCUT2D eigenvalue weighted by atomic mass is 32.1. The van der Waals surface area contributed by atoms with E-state index in [1.54, 1.807) is 0 Å². The van der Waals surface area contributed by atoms with E-state index in [0.717, 1.165) is 16.6 Å². The number of nitrogens with zero attached hydrogens (tertiary/aromatic N) is 1. The lowest BCUT2D eigenvalue weighted by Crippen LogP contribution is -2.19. The molecule has 0 aliphatic rings. The predicted molar refractivity (Wildman–Crippen MR) is 108 cm³/mol. The zero-order chi connectivity index (χ0) is 18.7. The Morgan fingerprint density at radius 2 is 1.88 bits per heavy atom. The lowest BCUT2D eigenvalue weighted by atomic mass is 9.87. The fraction of sp³-hybridized carbons (Fsp3) is 0.333. The summed E-state index contributed by atoms with van der Waals surface area (Å²) in [6.07, 6.45) is 0.981. The first-order valence-corrected chi connectivity index (χ1v) is 9.59. The van der Waals surface area contributed by atoms with Gasteiger partial charge >= 0.3 is 0 Å². The summed E-state index contributed by atoms with van der Waals surface area (Å²) in [6.45, 7) is 8.62. The van der Waals surface area contributed by atoms with E-state index in [2.05, 4.69) is 50.1 Å². The molecule has 0 radical (unpaired) electrons. The molecule has 1 N–H and O–H groups in total. The van der Waals surface area contributed by atoms with Gasteiger partial charge in [-0.1, -0.05) is 57.2 Å². The summed E-state index contributed by atoms with van der Waals surface area (Å²) in [6, 6.07) is 14.0. The fourth-order valence-corrected chi connectivity index (χ4v) is 3.49. The number of anilines is 1. The number of rotatable bonds is 5.